The third kappa shape index (κ3) is 3.19. The molecule has 1 aromatic carbocycles. The first-order valence-corrected chi connectivity index (χ1v) is 6.95. The third-order valence-corrected chi connectivity index (χ3v) is 3.94. The van der Waals surface area contributed by atoms with Crippen LogP contribution in [0.1, 0.15) is 43.0 Å². The summed E-state index contributed by atoms with van der Waals surface area (Å²) in [7, 11) is 1.66. The quantitative estimate of drug-likeness (QED) is 0.940. The fourth-order valence-electron chi connectivity index (χ4n) is 2.77. The Morgan fingerprint density at radius 3 is 2.71 bits per heavy atom. The standard InChI is InChI=1S/C15H19N3O2.ClH/c1-19-12-7-3-2-6-11(12)10-13-17-14(18-20-13)15(16)8-4-5-9-15;/h2-3,6-7H,4-5,8-10,16H2,1H3;1H. The minimum absolute atomic E-state index is 0. The molecular weight excluding hydrogens is 290 g/mol. The number of para-hydroxylation sites is 1. The summed E-state index contributed by atoms with van der Waals surface area (Å²) < 4.78 is 10.7. The summed E-state index contributed by atoms with van der Waals surface area (Å²) in [6.07, 6.45) is 4.69. The molecule has 0 aliphatic heterocycles. The van der Waals surface area contributed by atoms with Gasteiger partial charge in [0.05, 0.1) is 19.1 Å². The number of benzene rings is 1. The van der Waals surface area contributed by atoms with Crippen LogP contribution >= 0.6 is 12.4 Å². The summed E-state index contributed by atoms with van der Waals surface area (Å²) in [6, 6.07) is 7.83. The number of halogens is 1. The first-order chi connectivity index (χ1) is 9.71. The Bertz CT molecular complexity index is 594. The summed E-state index contributed by atoms with van der Waals surface area (Å²) >= 11 is 0. The van der Waals surface area contributed by atoms with E-state index in [9.17, 15) is 0 Å². The van der Waals surface area contributed by atoms with Crippen molar-refractivity contribution >= 4 is 12.4 Å². The van der Waals surface area contributed by atoms with Gasteiger partial charge in [0.2, 0.25) is 5.89 Å². The minimum Gasteiger partial charge on any atom is -0.496 e. The predicted octanol–water partition coefficient (Wildman–Crippen LogP) is 2.82. The molecule has 0 atom stereocenters. The van der Waals surface area contributed by atoms with Crippen molar-refractivity contribution in [3.8, 4) is 5.75 Å². The number of nitrogens with two attached hydrogens (primary N) is 1. The van der Waals surface area contributed by atoms with Gasteiger partial charge in [-0.3, -0.25) is 0 Å². The number of methoxy groups -OCH3 is 1. The van der Waals surface area contributed by atoms with E-state index >= 15 is 0 Å². The Morgan fingerprint density at radius 2 is 2.00 bits per heavy atom. The van der Waals surface area contributed by atoms with Gasteiger partial charge in [0, 0.05) is 5.56 Å². The number of rotatable bonds is 4. The maximum atomic E-state index is 6.33. The second kappa shape index (κ2) is 6.45. The molecule has 1 saturated carbocycles. The SMILES string of the molecule is COc1ccccc1Cc1nc(C2(N)CCCC2)no1.Cl. The van der Waals surface area contributed by atoms with Gasteiger partial charge in [0.25, 0.3) is 0 Å². The van der Waals surface area contributed by atoms with E-state index in [1.54, 1.807) is 7.11 Å². The van der Waals surface area contributed by atoms with Crippen molar-refractivity contribution in [2.45, 2.75) is 37.6 Å². The van der Waals surface area contributed by atoms with Crippen molar-refractivity contribution in [2.75, 3.05) is 7.11 Å². The molecular formula is C15H20ClN3O2. The van der Waals surface area contributed by atoms with Crippen LogP contribution in [0.25, 0.3) is 0 Å². The average Bonchev–Trinajstić information content (AvgIpc) is 3.10. The highest BCUT2D eigenvalue weighted by Gasteiger charge is 2.35. The van der Waals surface area contributed by atoms with Gasteiger partial charge < -0.3 is 15.0 Å². The zero-order chi connectivity index (χ0) is 14.0. The highest BCUT2D eigenvalue weighted by Crippen LogP contribution is 2.34. The normalized spacial score (nSPS) is 16.5. The Kier molecular flexibility index (Phi) is 4.85. The van der Waals surface area contributed by atoms with Gasteiger partial charge in [-0.25, -0.2) is 0 Å². The largest absolute Gasteiger partial charge is 0.496 e. The predicted molar refractivity (Wildman–Crippen MR) is 81.7 cm³/mol. The molecule has 1 aliphatic carbocycles. The number of aromatic nitrogens is 2. The number of ether oxygens (including phenoxy) is 1. The molecule has 1 aromatic heterocycles. The molecule has 0 bridgehead atoms. The topological polar surface area (TPSA) is 74.2 Å². The molecule has 6 heteroatoms. The monoisotopic (exact) mass is 309 g/mol. The molecule has 0 radical (unpaired) electrons. The fourth-order valence-corrected chi connectivity index (χ4v) is 2.77. The molecule has 2 aromatic rings. The van der Waals surface area contributed by atoms with E-state index in [-0.39, 0.29) is 12.4 Å². The Balaban J connectivity index is 0.00000161. The van der Waals surface area contributed by atoms with Gasteiger partial charge >= 0.3 is 0 Å². The van der Waals surface area contributed by atoms with Crippen LogP contribution in [0.3, 0.4) is 0 Å². The van der Waals surface area contributed by atoms with E-state index in [1.807, 2.05) is 24.3 Å². The molecule has 0 unspecified atom stereocenters. The van der Waals surface area contributed by atoms with Gasteiger partial charge in [-0.15, -0.1) is 12.4 Å². The lowest BCUT2D eigenvalue weighted by atomic mass is 9.99. The van der Waals surface area contributed by atoms with Crippen LogP contribution in [0.15, 0.2) is 28.8 Å². The third-order valence-electron chi connectivity index (χ3n) is 3.94. The zero-order valence-electron chi connectivity index (χ0n) is 12.0. The van der Waals surface area contributed by atoms with Crippen LogP contribution in [0.5, 0.6) is 5.75 Å². The van der Waals surface area contributed by atoms with Crippen LogP contribution in [0.4, 0.5) is 0 Å². The summed E-state index contributed by atoms with van der Waals surface area (Å²) in [5.74, 6) is 2.05. The second-order valence-electron chi connectivity index (χ2n) is 5.36. The van der Waals surface area contributed by atoms with Crippen molar-refractivity contribution in [3.63, 3.8) is 0 Å². The summed E-state index contributed by atoms with van der Waals surface area (Å²) in [5.41, 5.74) is 6.96. The van der Waals surface area contributed by atoms with Gasteiger partial charge in [-0.05, 0) is 18.9 Å². The van der Waals surface area contributed by atoms with Crippen molar-refractivity contribution in [2.24, 2.45) is 5.73 Å². The van der Waals surface area contributed by atoms with Crippen molar-refractivity contribution in [1.29, 1.82) is 0 Å². The van der Waals surface area contributed by atoms with E-state index in [0.29, 0.717) is 18.1 Å². The molecule has 0 saturated heterocycles. The van der Waals surface area contributed by atoms with Crippen LogP contribution in [-0.4, -0.2) is 17.3 Å². The summed E-state index contributed by atoms with van der Waals surface area (Å²) in [4.78, 5) is 4.48. The van der Waals surface area contributed by atoms with E-state index in [2.05, 4.69) is 10.1 Å². The van der Waals surface area contributed by atoms with E-state index in [0.717, 1.165) is 37.0 Å². The molecule has 21 heavy (non-hydrogen) atoms. The molecule has 1 aliphatic rings. The van der Waals surface area contributed by atoms with Crippen molar-refractivity contribution in [1.82, 2.24) is 10.1 Å². The molecule has 1 heterocycles. The Morgan fingerprint density at radius 1 is 1.29 bits per heavy atom. The van der Waals surface area contributed by atoms with E-state index in [4.69, 9.17) is 15.0 Å². The molecule has 0 amide bonds. The van der Waals surface area contributed by atoms with Crippen LogP contribution in [0, 0.1) is 0 Å². The van der Waals surface area contributed by atoms with E-state index in [1.165, 1.54) is 0 Å². The lowest BCUT2D eigenvalue weighted by Crippen LogP contribution is -2.34. The van der Waals surface area contributed by atoms with Gasteiger partial charge in [-0.1, -0.05) is 36.2 Å². The Labute approximate surface area is 130 Å². The van der Waals surface area contributed by atoms with Gasteiger partial charge in [0.15, 0.2) is 5.82 Å². The minimum atomic E-state index is -0.400. The van der Waals surface area contributed by atoms with E-state index < -0.39 is 5.54 Å². The first kappa shape index (κ1) is 15.8. The summed E-state index contributed by atoms with van der Waals surface area (Å²) in [6.45, 7) is 0. The zero-order valence-corrected chi connectivity index (χ0v) is 12.9. The Hall–Kier alpha value is -1.59. The molecule has 0 spiro atoms. The maximum Gasteiger partial charge on any atom is 0.231 e. The van der Waals surface area contributed by atoms with Gasteiger partial charge in [0.1, 0.15) is 5.75 Å². The average molecular weight is 310 g/mol. The molecule has 5 nitrogen and oxygen atoms in total. The number of hydrogen-bond donors (Lipinski definition) is 1. The lowest BCUT2D eigenvalue weighted by molar-refractivity contribution is 0.350. The molecule has 1 fully saturated rings. The van der Waals surface area contributed by atoms with Crippen LogP contribution in [-0.2, 0) is 12.0 Å². The van der Waals surface area contributed by atoms with Crippen molar-refractivity contribution in [3.05, 3.63) is 41.5 Å². The molecule has 2 N–H and O–H groups in total. The highest BCUT2D eigenvalue weighted by molar-refractivity contribution is 5.85. The van der Waals surface area contributed by atoms with Gasteiger partial charge in [-0.2, -0.15) is 4.98 Å². The van der Waals surface area contributed by atoms with Crippen LogP contribution < -0.4 is 10.5 Å². The maximum absolute atomic E-state index is 6.33. The highest BCUT2D eigenvalue weighted by atomic mass is 35.5. The smallest absolute Gasteiger partial charge is 0.231 e. The molecule has 3 rings (SSSR count). The summed E-state index contributed by atoms with van der Waals surface area (Å²) in [5, 5.41) is 4.07. The number of hydrogen-bond acceptors (Lipinski definition) is 5. The first-order valence-electron chi connectivity index (χ1n) is 6.95. The fraction of sp³-hybridized carbons (Fsp3) is 0.467. The number of nitrogens with zero attached hydrogens (tertiary/aromatic N) is 2. The van der Waals surface area contributed by atoms with Crippen LogP contribution in [0.2, 0.25) is 0 Å². The lowest BCUT2D eigenvalue weighted by Gasteiger charge is -2.17. The van der Waals surface area contributed by atoms with Crippen molar-refractivity contribution < 1.29 is 9.26 Å². The molecule has 114 valence electrons. The second-order valence-corrected chi connectivity index (χ2v) is 5.36.